The van der Waals surface area contributed by atoms with E-state index in [1.807, 2.05) is 31.4 Å². The van der Waals surface area contributed by atoms with Crippen molar-refractivity contribution in [2.75, 3.05) is 14.1 Å². The summed E-state index contributed by atoms with van der Waals surface area (Å²) >= 11 is 0. The lowest BCUT2D eigenvalue weighted by Gasteiger charge is -2.19. The van der Waals surface area contributed by atoms with Gasteiger partial charge >= 0.3 is 0 Å². The van der Waals surface area contributed by atoms with Crippen LogP contribution in [0.3, 0.4) is 0 Å². The Hall–Kier alpha value is -0.660. The molecule has 2 heteroatoms. The smallest absolute Gasteiger partial charge is 0.0284 e. The van der Waals surface area contributed by atoms with Crippen LogP contribution in [0.15, 0.2) is 12.4 Å². The second-order valence-corrected chi connectivity index (χ2v) is 3.67. The molecule has 0 aliphatic heterocycles. The fourth-order valence-corrected chi connectivity index (χ4v) is 0.436. The molecule has 0 aromatic rings. The number of nitrogens with one attached hydrogen (secondary N) is 1. The molecule has 0 aliphatic carbocycles. The SMILES string of the molecule is CN(C)/C=C\NC(C)(C)C. The van der Waals surface area contributed by atoms with Crippen LogP contribution >= 0.6 is 0 Å². The lowest BCUT2D eigenvalue weighted by atomic mass is 10.1. The Kier molecular flexibility index (Phi) is 3.26. The quantitative estimate of drug-likeness (QED) is 0.627. The molecule has 0 unspecified atom stereocenters. The van der Waals surface area contributed by atoms with E-state index in [0.29, 0.717) is 0 Å². The van der Waals surface area contributed by atoms with Gasteiger partial charge in [-0.15, -0.1) is 0 Å². The largest absolute Gasteiger partial charge is 0.385 e. The van der Waals surface area contributed by atoms with E-state index in [2.05, 4.69) is 26.1 Å². The molecule has 2 nitrogen and oxygen atoms in total. The van der Waals surface area contributed by atoms with Gasteiger partial charge in [-0.1, -0.05) is 0 Å². The van der Waals surface area contributed by atoms with Crippen LogP contribution in [0.1, 0.15) is 20.8 Å². The van der Waals surface area contributed by atoms with Gasteiger partial charge in [-0.25, -0.2) is 0 Å². The van der Waals surface area contributed by atoms with Crippen molar-refractivity contribution in [2.45, 2.75) is 26.3 Å². The molecular weight excluding hydrogens is 124 g/mol. The number of hydrogen-bond donors (Lipinski definition) is 1. The third-order valence-electron chi connectivity index (χ3n) is 0.889. The summed E-state index contributed by atoms with van der Waals surface area (Å²) < 4.78 is 0. The summed E-state index contributed by atoms with van der Waals surface area (Å²) in [6.07, 6.45) is 3.95. The standard InChI is InChI=1S/C8H18N2/c1-8(2,3)9-6-7-10(4)5/h6-7,9H,1-5H3/b7-6-. The number of nitrogens with zero attached hydrogens (tertiary/aromatic N) is 1. The minimum atomic E-state index is 0.173. The lowest BCUT2D eigenvalue weighted by molar-refractivity contribution is 0.480. The molecule has 0 atom stereocenters. The average molecular weight is 142 g/mol. The number of hydrogen-bond acceptors (Lipinski definition) is 2. The molecule has 0 saturated carbocycles. The van der Waals surface area contributed by atoms with Crippen LogP contribution in [0.4, 0.5) is 0 Å². The van der Waals surface area contributed by atoms with Gasteiger partial charge in [0.25, 0.3) is 0 Å². The highest BCUT2D eigenvalue weighted by Crippen LogP contribution is 1.97. The molecular formula is C8H18N2. The van der Waals surface area contributed by atoms with Gasteiger partial charge in [-0.2, -0.15) is 0 Å². The second kappa shape index (κ2) is 3.49. The topological polar surface area (TPSA) is 15.3 Å². The summed E-state index contributed by atoms with van der Waals surface area (Å²) in [5.41, 5.74) is 0.173. The molecule has 10 heavy (non-hydrogen) atoms. The van der Waals surface area contributed by atoms with E-state index < -0.39 is 0 Å². The minimum Gasteiger partial charge on any atom is -0.385 e. The summed E-state index contributed by atoms with van der Waals surface area (Å²) in [6.45, 7) is 6.40. The first-order chi connectivity index (χ1) is 4.42. The minimum absolute atomic E-state index is 0.173. The fraction of sp³-hybridized carbons (Fsp3) is 0.750. The first-order valence-electron chi connectivity index (χ1n) is 3.52. The van der Waals surface area contributed by atoms with E-state index in [4.69, 9.17) is 0 Å². The summed E-state index contributed by atoms with van der Waals surface area (Å²) in [7, 11) is 4.00. The van der Waals surface area contributed by atoms with Crippen LogP contribution in [0.2, 0.25) is 0 Å². The Bertz CT molecular complexity index is 109. The molecule has 0 spiro atoms. The Balaban J connectivity index is 3.54. The van der Waals surface area contributed by atoms with Crippen LogP contribution in [0.5, 0.6) is 0 Å². The summed E-state index contributed by atoms with van der Waals surface area (Å²) in [5, 5.41) is 3.23. The van der Waals surface area contributed by atoms with Gasteiger partial charge in [0, 0.05) is 32.0 Å². The predicted molar refractivity (Wildman–Crippen MR) is 45.7 cm³/mol. The average Bonchev–Trinajstić information content (AvgIpc) is 1.59. The molecule has 0 aliphatic rings. The van der Waals surface area contributed by atoms with Crippen LogP contribution in [0, 0.1) is 0 Å². The maximum atomic E-state index is 3.23. The van der Waals surface area contributed by atoms with E-state index in [-0.39, 0.29) is 5.54 Å². The van der Waals surface area contributed by atoms with E-state index in [1.54, 1.807) is 0 Å². The van der Waals surface area contributed by atoms with Crippen molar-refractivity contribution in [1.29, 1.82) is 0 Å². The van der Waals surface area contributed by atoms with Gasteiger partial charge in [-0.3, -0.25) is 0 Å². The molecule has 0 rings (SSSR count). The summed E-state index contributed by atoms with van der Waals surface area (Å²) in [6, 6.07) is 0. The first-order valence-corrected chi connectivity index (χ1v) is 3.52. The third kappa shape index (κ3) is 7.34. The van der Waals surface area contributed by atoms with Crippen LogP contribution in [-0.4, -0.2) is 24.5 Å². The molecule has 0 amide bonds. The van der Waals surface area contributed by atoms with Gasteiger partial charge in [0.15, 0.2) is 0 Å². The highest BCUT2D eigenvalue weighted by Gasteiger charge is 2.03. The van der Waals surface area contributed by atoms with Crippen LogP contribution < -0.4 is 5.32 Å². The maximum absolute atomic E-state index is 3.23. The molecule has 1 N–H and O–H groups in total. The van der Waals surface area contributed by atoms with E-state index in [0.717, 1.165) is 0 Å². The summed E-state index contributed by atoms with van der Waals surface area (Å²) in [4.78, 5) is 2.00. The lowest BCUT2D eigenvalue weighted by Crippen LogP contribution is -2.31. The Morgan fingerprint density at radius 3 is 2.00 bits per heavy atom. The van der Waals surface area contributed by atoms with Crippen molar-refractivity contribution in [3.63, 3.8) is 0 Å². The fourth-order valence-electron chi connectivity index (χ4n) is 0.436. The zero-order valence-corrected chi connectivity index (χ0v) is 7.60. The summed E-state index contributed by atoms with van der Waals surface area (Å²) in [5.74, 6) is 0. The van der Waals surface area contributed by atoms with Crippen molar-refractivity contribution in [3.05, 3.63) is 12.4 Å². The van der Waals surface area contributed by atoms with Gasteiger partial charge in [0.05, 0.1) is 0 Å². The van der Waals surface area contributed by atoms with Crippen molar-refractivity contribution < 1.29 is 0 Å². The Morgan fingerprint density at radius 2 is 1.70 bits per heavy atom. The van der Waals surface area contributed by atoms with Gasteiger partial charge in [0.1, 0.15) is 0 Å². The van der Waals surface area contributed by atoms with Crippen molar-refractivity contribution in [3.8, 4) is 0 Å². The molecule has 0 aromatic carbocycles. The number of rotatable bonds is 2. The van der Waals surface area contributed by atoms with E-state index in [1.165, 1.54) is 0 Å². The normalized spacial score (nSPS) is 12.1. The highest BCUT2D eigenvalue weighted by molar-refractivity contribution is 4.83. The van der Waals surface area contributed by atoms with E-state index >= 15 is 0 Å². The van der Waals surface area contributed by atoms with Gasteiger partial charge in [0.2, 0.25) is 0 Å². The van der Waals surface area contributed by atoms with Crippen LogP contribution in [-0.2, 0) is 0 Å². The zero-order valence-electron chi connectivity index (χ0n) is 7.60. The molecule has 0 radical (unpaired) electrons. The predicted octanol–water partition coefficient (Wildman–Crippen LogP) is 1.41. The van der Waals surface area contributed by atoms with Gasteiger partial charge in [-0.05, 0) is 20.8 Å². The molecule has 0 saturated heterocycles. The Morgan fingerprint density at radius 1 is 1.20 bits per heavy atom. The third-order valence-corrected chi connectivity index (χ3v) is 0.889. The molecule has 0 aromatic heterocycles. The molecule has 60 valence electrons. The molecule has 0 heterocycles. The molecule has 0 fully saturated rings. The highest BCUT2D eigenvalue weighted by atomic mass is 15.0. The molecule has 0 bridgehead atoms. The van der Waals surface area contributed by atoms with Crippen molar-refractivity contribution in [1.82, 2.24) is 10.2 Å². The van der Waals surface area contributed by atoms with Crippen molar-refractivity contribution in [2.24, 2.45) is 0 Å². The van der Waals surface area contributed by atoms with Crippen LogP contribution in [0.25, 0.3) is 0 Å². The van der Waals surface area contributed by atoms with Gasteiger partial charge < -0.3 is 10.2 Å². The maximum Gasteiger partial charge on any atom is 0.0284 e. The monoisotopic (exact) mass is 142 g/mol. The first kappa shape index (κ1) is 9.34. The van der Waals surface area contributed by atoms with E-state index in [9.17, 15) is 0 Å². The second-order valence-electron chi connectivity index (χ2n) is 3.67. The zero-order chi connectivity index (χ0) is 8.20. The Labute approximate surface area is 63.9 Å². The van der Waals surface area contributed by atoms with Crippen molar-refractivity contribution >= 4 is 0 Å².